The number of piperidine rings is 1. The zero-order chi connectivity index (χ0) is 13.2. The van der Waals surface area contributed by atoms with Gasteiger partial charge in [-0.25, -0.2) is 0 Å². The van der Waals surface area contributed by atoms with Gasteiger partial charge in [-0.1, -0.05) is 13.8 Å². The number of hydrogen-bond acceptors (Lipinski definition) is 3. The lowest BCUT2D eigenvalue weighted by molar-refractivity contribution is 0.111. The molecule has 18 heavy (non-hydrogen) atoms. The normalized spacial score (nSPS) is 20.2. The van der Waals surface area contributed by atoms with Crippen molar-refractivity contribution in [1.29, 1.82) is 0 Å². The summed E-state index contributed by atoms with van der Waals surface area (Å²) in [6.45, 7) is 11.7. The van der Waals surface area contributed by atoms with Gasteiger partial charge in [-0.2, -0.15) is 0 Å². The first-order valence-corrected chi connectivity index (χ1v) is 7.77. The molecule has 0 spiro atoms. The van der Waals surface area contributed by atoms with Crippen molar-refractivity contribution in [1.82, 2.24) is 10.2 Å². The SMILES string of the molecule is CNCc1cc(CN2CCCC(C)(C)C2)c(C)s1. The number of nitrogens with zero attached hydrogens (tertiary/aromatic N) is 1. The van der Waals surface area contributed by atoms with Crippen LogP contribution >= 0.6 is 11.3 Å². The van der Waals surface area contributed by atoms with Gasteiger partial charge in [-0.3, -0.25) is 4.90 Å². The molecule has 0 saturated carbocycles. The molecule has 1 fully saturated rings. The third kappa shape index (κ3) is 3.56. The molecule has 0 radical (unpaired) electrons. The van der Waals surface area contributed by atoms with E-state index in [-0.39, 0.29) is 0 Å². The van der Waals surface area contributed by atoms with Crippen LogP contribution in [0.3, 0.4) is 0 Å². The molecule has 0 aromatic carbocycles. The molecular formula is C15H26N2S. The van der Waals surface area contributed by atoms with Crippen molar-refractivity contribution in [2.45, 2.75) is 46.7 Å². The third-order valence-electron chi connectivity index (χ3n) is 3.80. The van der Waals surface area contributed by atoms with Gasteiger partial charge in [0.25, 0.3) is 0 Å². The lowest BCUT2D eigenvalue weighted by atomic mass is 9.84. The van der Waals surface area contributed by atoms with Crippen LogP contribution in [0.1, 0.15) is 42.0 Å². The number of nitrogens with one attached hydrogen (secondary N) is 1. The van der Waals surface area contributed by atoms with Crippen LogP contribution in [0.2, 0.25) is 0 Å². The van der Waals surface area contributed by atoms with E-state index in [1.165, 1.54) is 41.2 Å². The molecule has 1 N–H and O–H groups in total. The predicted molar refractivity (Wildman–Crippen MR) is 80.1 cm³/mol. The molecule has 0 atom stereocenters. The predicted octanol–water partition coefficient (Wildman–Crippen LogP) is 3.40. The second kappa shape index (κ2) is 5.72. The number of aryl methyl sites for hydroxylation is 1. The van der Waals surface area contributed by atoms with Crippen LogP contribution in [0.5, 0.6) is 0 Å². The van der Waals surface area contributed by atoms with Crippen LogP contribution in [0.4, 0.5) is 0 Å². The molecule has 1 aromatic heterocycles. The Hall–Kier alpha value is -0.380. The molecule has 2 nitrogen and oxygen atoms in total. The van der Waals surface area contributed by atoms with E-state index in [2.05, 4.69) is 37.1 Å². The van der Waals surface area contributed by atoms with Gasteiger partial charge in [0.15, 0.2) is 0 Å². The summed E-state index contributed by atoms with van der Waals surface area (Å²) in [5, 5.41) is 3.24. The molecule has 102 valence electrons. The van der Waals surface area contributed by atoms with E-state index in [1.807, 2.05) is 18.4 Å². The second-order valence-corrected chi connectivity index (χ2v) is 7.64. The molecule has 0 aliphatic carbocycles. The van der Waals surface area contributed by atoms with E-state index < -0.39 is 0 Å². The summed E-state index contributed by atoms with van der Waals surface area (Å²) in [6, 6.07) is 2.39. The highest BCUT2D eigenvalue weighted by Gasteiger charge is 2.26. The minimum absolute atomic E-state index is 0.496. The van der Waals surface area contributed by atoms with Crippen molar-refractivity contribution in [3.8, 4) is 0 Å². The molecule has 0 amide bonds. The van der Waals surface area contributed by atoms with Crippen LogP contribution in [-0.4, -0.2) is 25.0 Å². The Labute approximate surface area is 115 Å². The quantitative estimate of drug-likeness (QED) is 0.898. The fourth-order valence-electron chi connectivity index (χ4n) is 2.93. The summed E-state index contributed by atoms with van der Waals surface area (Å²) in [6.07, 6.45) is 2.72. The fourth-order valence-corrected chi connectivity index (χ4v) is 3.99. The van der Waals surface area contributed by atoms with E-state index in [0.29, 0.717) is 5.41 Å². The molecule has 3 heteroatoms. The average Bonchev–Trinajstić information content (AvgIpc) is 2.58. The van der Waals surface area contributed by atoms with Crippen LogP contribution < -0.4 is 5.32 Å². The van der Waals surface area contributed by atoms with Gasteiger partial charge >= 0.3 is 0 Å². The summed E-state index contributed by atoms with van der Waals surface area (Å²) in [5.41, 5.74) is 2.03. The Kier molecular flexibility index (Phi) is 4.46. The van der Waals surface area contributed by atoms with Crippen LogP contribution in [0.25, 0.3) is 0 Å². The molecule has 2 rings (SSSR count). The highest BCUT2D eigenvalue weighted by Crippen LogP contribution is 2.30. The maximum absolute atomic E-state index is 3.24. The Morgan fingerprint density at radius 1 is 1.44 bits per heavy atom. The first-order valence-electron chi connectivity index (χ1n) is 6.95. The Balaban J connectivity index is 2.00. The molecular weight excluding hydrogens is 240 g/mol. The van der Waals surface area contributed by atoms with E-state index >= 15 is 0 Å². The van der Waals surface area contributed by atoms with E-state index in [4.69, 9.17) is 0 Å². The summed E-state index contributed by atoms with van der Waals surface area (Å²) < 4.78 is 0. The fraction of sp³-hybridized carbons (Fsp3) is 0.733. The number of rotatable bonds is 4. The average molecular weight is 266 g/mol. The lowest BCUT2D eigenvalue weighted by Crippen LogP contribution is -2.39. The monoisotopic (exact) mass is 266 g/mol. The van der Waals surface area contributed by atoms with Gasteiger partial charge in [-0.15, -0.1) is 11.3 Å². The first kappa shape index (κ1) is 14.0. The van der Waals surface area contributed by atoms with Crippen molar-refractivity contribution >= 4 is 11.3 Å². The van der Waals surface area contributed by atoms with Gasteiger partial charge < -0.3 is 5.32 Å². The zero-order valence-electron chi connectivity index (χ0n) is 12.2. The maximum atomic E-state index is 3.24. The molecule has 0 bridgehead atoms. The van der Waals surface area contributed by atoms with Crippen molar-refractivity contribution in [2.75, 3.05) is 20.1 Å². The minimum Gasteiger partial charge on any atom is -0.315 e. The lowest BCUT2D eigenvalue weighted by Gasteiger charge is -2.38. The van der Waals surface area contributed by atoms with E-state index in [9.17, 15) is 0 Å². The van der Waals surface area contributed by atoms with Crippen molar-refractivity contribution in [3.05, 3.63) is 21.4 Å². The standard InChI is InChI=1S/C15H26N2S/c1-12-13(8-14(18-12)9-16-4)10-17-7-5-6-15(2,3)11-17/h8,16H,5-7,9-11H2,1-4H3. The summed E-state index contributed by atoms with van der Waals surface area (Å²) in [5.74, 6) is 0. The Bertz CT molecular complexity index is 395. The van der Waals surface area contributed by atoms with Crippen molar-refractivity contribution in [2.24, 2.45) is 5.41 Å². The van der Waals surface area contributed by atoms with Crippen LogP contribution in [0.15, 0.2) is 6.07 Å². The van der Waals surface area contributed by atoms with Crippen molar-refractivity contribution < 1.29 is 0 Å². The van der Waals surface area contributed by atoms with Gasteiger partial charge in [0.2, 0.25) is 0 Å². The van der Waals surface area contributed by atoms with Crippen LogP contribution in [0, 0.1) is 12.3 Å². The third-order valence-corrected chi connectivity index (χ3v) is 4.89. The highest BCUT2D eigenvalue weighted by molar-refractivity contribution is 7.12. The molecule has 1 saturated heterocycles. The zero-order valence-corrected chi connectivity index (χ0v) is 13.0. The summed E-state index contributed by atoms with van der Waals surface area (Å²) in [7, 11) is 2.02. The number of likely N-dealkylation sites (tertiary alicyclic amines) is 1. The summed E-state index contributed by atoms with van der Waals surface area (Å²) in [4.78, 5) is 5.58. The molecule has 1 aliphatic rings. The Morgan fingerprint density at radius 3 is 2.89 bits per heavy atom. The van der Waals surface area contributed by atoms with Gasteiger partial charge in [0.1, 0.15) is 0 Å². The van der Waals surface area contributed by atoms with Gasteiger partial charge in [0, 0.05) is 29.4 Å². The Morgan fingerprint density at radius 2 is 2.22 bits per heavy atom. The highest BCUT2D eigenvalue weighted by atomic mass is 32.1. The minimum atomic E-state index is 0.496. The molecule has 0 unspecified atom stereocenters. The summed E-state index contributed by atoms with van der Waals surface area (Å²) >= 11 is 1.94. The second-order valence-electron chi connectivity index (χ2n) is 6.30. The first-order chi connectivity index (χ1) is 8.50. The van der Waals surface area contributed by atoms with E-state index in [1.54, 1.807) is 0 Å². The van der Waals surface area contributed by atoms with Gasteiger partial charge in [-0.05, 0) is 50.4 Å². The molecule has 2 heterocycles. The van der Waals surface area contributed by atoms with E-state index in [0.717, 1.165) is 13.1 Å². The van der Waals surface area contributed by atoms with Gasteiger partial charge in [0.05, 0.1) is 0 Å². The number of thiophene rings is 1. The maximum Gasteiger partial charge on any atom is 0.0296 e. The number of hydrogen-bond donors (Lipinski definition) is 1. The largest absolute Gasteiger partial charge is 0.315 e. The molecule has 1 aliphatic heterocycles. The smallest absolute Gasteiger partial charge is 0.0296 e. The molecule has 1 aromatic rings. The van der Waals surface area contributed by atoms with Crippen molar-refractivity contribution in [3.63, 3.8) is 0 Å². The van der Waals surface area contributed by atoms with Crippen LogP contribution in [-0.2, 0) is 13.1 Å². The topological polar surface area (TPSA) is 15.3 Å².